The molecule has 4 heterocycles. The van der Waals surface area contributed by atoms with E-state index in [1.54, 1.807) is 11.3 Å². The molecule has 5 rings (SSSR count). The second-order valence-corrected chi connectivity index (χ2v) is 7.59. The molecular weight excluding hydrogens is 423 g/mol. The molecule has 27 heavy (non-hydrogen) atoms. The molecule has 8 heteroatoms. The predicted molar refractivity (Wildman–Crippen MR) is 121 cm³/mol. The Hall–Kier alpha value is -1.66. The lowest BCUT2D eigenvalue weighted by atomic mass is 10.2. The van der Waals surface area contributed by atoms with E-state index >= 15 is 0 Å². The molecule has 1 aliphatic heterocycles. The molecule has 142 valence electrons. The first kappa shape index (κ1) is 20.1. The lowest BCUT2D eigenvalue weighted by Gasteiger charge is -2.37. The van der Waals surface area contributed by atoms with Gasteiger partial charge < -0.3 is 14.2 Å². The molecule has 1 fully saturated rings. The molecule has 0 amide bonds. The number of aromatic nitrogens is 2. The number of hydrogen-bond donors (Lipinski definition) is 0. The maximum atomic E-state index is 6.00. The fourth-order valence-corrected chi connectivity index (χ4v) is 4.49. The molecule has 0 spiro atoms. The fourth-order valence-electron chi connectivity index (χ4n) is 3.53. The van der Waals surface area contributed by atoms with E-state index in [-0.39, 0.29) is 24.8 Å². The SMILES string of the molecule is Cl.Cl.Clc1ccc(N2CCN(c3nc4ccsc4n4cccc34)CC2)cc1. The van der Waals surface area contributed by atoms with Crippen LogP contribution in [-0.4, -0.2) is 35.6 Å². The van der Waals surface area contributed by atoms with E-state index in [1.165, 1.54) is 16.0 Å². The molecule has 4 aromatic rings. The summed E-state index contributed by atoms with van der Waals surface area (Å²) in [6, 6.07) is 14.5. The summed E-state index contributed by atoms with van der Waals surface area (Å²) >= 11 is 7.74. The van der Waals surface area contributed by atoms with Crippen LogP contribution in [0.25, 0.3) is 15.9 Å². The van der Waals surface area contributed by atoms with Crippen LogP contribution in [0.5, 0.6) is 0 Å². The van der Waals surface area contributed by atoms with Gasteiger partial charge in [0.1, 0.15) is 10.3 Å². The molecule has 0 radical (unpaired) electrons. The van der Waals surface area contributed by atoms with Crippen LogP contribution in [0, 0.1) is 0 Å². The highest BCUT2D eigenvalue weighted by Gasteiger charge is 2.21. The summed E-state index contributed by atoms with van der Waals surface area (Å²) in [5.74, 6) is 1.09. The molecule has 0 atom stereocenters. The van der Waals surface area contributed by atoms with Crippen molar-refractivity contribution in [2.75, 3.05) is 36.0 Å². The van der Waals surface area contributed by atoms with Crippen LogP contribution >= 0.6 is 47.8 Å². The Morgan fingerprint density at radius 1 is 0.889 bits per heavy atom. The normalized spacial score (nSPS) is 14.3. The van der Waals surface area contributed by atoms with E-state index in [1.807, 2.05) is 12.1 Å². The minimum Gasteiger partial charge on any atom is -0.368 e. The number of fused-ring (bicyclic) bond motifs is 3. The lowest BCUT2D eigenvalue weighted by Crippen LogP contribution is -2.47. The van der Waals surface area contributed by atoms with Gasteiger partial charge in [-0.1, -0.05) is 11.6 Å². The Bertz CT molecular complexity index is 1040. The topological polar surface area (TPSA) is 23.8 Å². The number of benzene rings is 1. The van der Waals surface area contributed by atoms with Crippen LogP contribution in [0.3, 0.4) is 0 Å². The van der Waals surface area contributed by atoms with Gasteiger partial charge in [0.25, 0.3) is 0 Å². The average molecular weight is 442 g/mol. The Labute approximate surface area is 179 Å². The number of rotatable bonds is 2. The number of halogens is 3. The quantitative estimate of drug-likeness (QED) is 0.418. The van der Waals surface area contributed by atoms with E-state index in [9.17, 15) is 0 Å². The largest absolute Gasteiger partial charge is 0.368 e. The van der Waals surface area contributed by atoms with Gasteiger partial charge in [0.05, 0.1) is 5.52 Å². The number of hydrogen-bond acceptors (Lipinski definition) is 4. The van der Waals surface area contributed by atoms with Crippen molar-refractivity contribution in [2.24, 2.45) is 0 Å². The van der Waals surface area contributed by atoms with Gasteiger partial charge in [-0.25, -0.2) is 4.98 Å². The molecule has 0 unspecified atom stereocenters. The molecule has 3 aromatic heterocycles. The number of nitrogens with zero attached hydrogens (tertiary/aromatic N) is 4. The second kappa shape index (κ2) is 8.15. The summed E-state index contributed by atoms with van der Waals surface area (Å²) < 4.78 is 2.26. The number of anilines is 2. The summed E-state index contributed by atoms with van der Waals surface area (Å²) in [6.07, 6.45) is 2.13. The summed E-state index contributed by atoms with van der Waals surface area (Å²) in [6.45, 7) is 3.90. The summed E-state index contributed by atoms with van der Waals surface area (Å²) in [5.41, 5.74) is 3.50. The van der Waals surface area contributed by atoms with Crippen LogP contribution in [-0.2, 0) is 0 Å². The average Bonchev–Trinajstić information content (AvgIpc) is 3.30. The summed E-state index contributed by atoms with van der Waals surface area (Å²) in [5, 5.41) is 2.89. The Morgan fingerprint density at radius 3 is 2.33 bits per heavy atom. The van der Waals surface area contributed by atoms with Crippen LogP contribution in [0.15, 0.2) is 54.0 Å². The second-order valence-electron chi connectivity index (χ2n) is 6.26. The third kappa shape index (κ3) is 3.57. The zero-order valence-corrected chi connectivity index (χ0v) is 17.6. The smallest absolute Gasteiger partial charge is 0.153 e. The Morgan fingerprint density at radius 2 is 1.59 bits per heavy atom. The van der Waals surface area contributed by atoms with Gasteiger partial charge in [-0.15, -0.1) is 36.2 Å². The number of piperazine rings is 1. The predicted octanol–water partition coefficient (Wildman–Crippen LogP) is 5.37. The summed E-state index contributed by atoms with van der Waals surface area (Å²) in [7, 11) is 0. The molecule has 0 aliphatic carbocycles. The van der Waals surface area contributed by atoms with Gasteiger partial charge in [-0.3, -0.25) is 0 Å². The van der Waals surface area contributed by atoms with E-state index in [4.69, 9.17) is 16.6 Å². The molecule has 0 bridgehead atoms. The van der Waals surface area contributed by atoms with E-state index in [2.05, 4.69) is 56.1 Å². The van der Waals surface area contributed by atoms with E-state index in [0.29, 0.717) is 0 Å². The Balaban J connectivity index is 0.00000105. The molecule has 1 saturated heterocycles. The zero-order chi connectivity index (χ0) is 16.8. The van der Waals surface area contributed by atoms with Gasteiger partial charge in [0.2, 0.25) is 0 Å². The van der Waals surface area contributed by atoms with Crippen molar-refractivity contribution in [3.63, 3.8) is 0 Å². The highest BCUT2D eigenvalue weighted by Crippen LogP contribution is 2.29. The summed E-state index contributed by atoms with van der Waals surface area (Å²) in [4.78, 5) is 11.0. The van der Waals surface area contributed by atoms with Gasteiger partial charge in [0, 0.05) is 43.1 Å². The molecule has 0 N–H and O–H groups in total. The Kier molecular flexibility index (Phi) is 6.06. The van der Waals surface area contributed by atoms with E-state index < -0.39 is 0 Å². The van der Waals surface area contributed by atoms with Crippen LogP contribution in [0.4, 0.5) is 11.5 Å². The first-order chi connectivity index (χ1) is 12.3. The van der Waals surface area contributed by atoms with Crippen molar-refractivity contribution >= 4 is 75.1 Å². The van der Waals surface area contributed by atoms with Crippen LogP contribution in [0.1, 0.15) is 0 Å². The van der Waals surface area contributed by atoms with Crippen molar-refractivity contribution in [1.29, 1.82) is 0 Å². The molecular formula is C19H19Cl3N4S. The first-order valence-electron chi connectivity index (χ1n) is 8.39. The van der Waals surface area contributed by atoms with E-state index in [0.717, 1.165) is 42.5 Å². The minimum absolute atomic E-state index is 0. The maximum absolute atomic E-state index is 6.00. The van der Waals surface area contributed by atoms with Gasteiger partial charge in [-0.2, -0.15) is 0 Å². The highest BCUT2D eigenvalue weighted by molar-refractivity contribution is 7.16. The minimum atomic E-state index is 0. The zero-order valence-electron chi connectivity index (χ0n) is 14.4. The maximum Gasteiger partial charge on any atom is 0.153 e. The highest BCUT2D eigenvalue weighted by atomic mass is 35.5. The fraction of sp³-hybridized carbons (Fsp3) is 0.211. The number of thiophene rings is 1. The van der Waals surface area contributed by atoms with Crippen molar-refractivity contribution in [2.45, 2.75) is 0 Å². The molecule has 1 aliphatic rings. The molecule has 1 aromatic carbocycles. The first-order valence-corrected chi connectivity index (χ1v) is 9.65. The molecule has 4 nitrogen and oxygen atoms in total. The van der Waals surface area contributed by atoms with Gasteiger partial charge in [0.15, 0.2) is 5.82 Å². The standard InChI is InChI=1S/C19H17ClN4S.2ClH/c20-14-3-5-15(6-4-14)22-9-11-23(12-10-22)18-17-2-1-8-24(17)19-16(21-18)7-13-25-19;;/h1-8,13H,9-12H2;2*1H. The third-order valence-corrected chi connectivity index (χ3v) is 5.97. The third-order valence-electron chi connectivity index (χ3n) is 4.82. The van der Waals surface area contributed by atoms with Crippen LogP contribution in [0.2, 0.25) is 5.02 Å². The lowest BCUT2D eigenvalue weighted by molar-refractivity contribution is 0.649. The monoisotopic (exact) mass is 440 g/mol. The van der Waals surface area contributed by atoms with Crippen molar-refractivity contribution < 1.29 is 0 Å². The van der Waals surface area contributed by atoms with Crippen molar-refractivity contribution in [3.8, 4) is 0 Å². The van der Waals surface area contributed by atoms with Gasteiger partial charge in [-0.05, 0) is 47.8 Å². The van der Waals surface area contributed by atoms with Gasteiger partial charge >= 0.3 is 0 Å². The van der Waals surface area contributed by atoms with Crippen molar-refractivity contribution in [3.05, 3.63) is 59.1 Å². The van der Waals surface area contributed by atoms with Crippen LogP contribution < -0.4 is 9.80 Å². The van der Waals surface area contributed by atoms with Crippen molar-refractivity contribution in [1.82, 2.24) is 9.38 Å². The molecule has 0 saturated carbocycles.